The lowest BCUT2D eigenvalue weighted by Crippen LogP contribution is -2.50. The van der Waals surface area contributed by atoms with Crippen LogP contribution in [0.4, 0.5) is 5.69 Å². The van der Waals surface area contributed by atoms with E-state index >= 15 is 0 Å². The van der Waals surface area contributed by atoms with E-state index in [2.05, 4.69) is 10.3 Å². The van der Waals surface area contributed by atoms with Crippen LogP contribution in [0.5, 0.6) is 5.75 Å². The van der Waals surface area contributed by atoms with Crippen LogP contribution in [0.3, 0.4) is 0 Å². The summed E-state index contributed by atoms with van der Waals surface area (Å²) in [5, 5.41) is 12.7. The van der Waals surface area contributed by atoms with Crippen molar-refractivity contribution in [3.63, 3.8) is 0 Å². The van der Waals surface area contributed by atoms with Crippen LogP contribution < -0.4 is 10.1 Å². The van der Waals surface area contributed by atoms with Gasteiger partial charge in [0.05, 0.1) is 35.3 Å². The van der Waals surface area contributed by atoms with E-state index in [0.29, 0.717) is 5.56 Å². The largest absolute Gasteiger partial charge is 0.486 e. The first-order valence-electron chi connectivity index (χ1n) is 12.6. The Morgan fingerprint density at radius 1 is 1.15 bits per heavy atom. The van der Waals surface area contributed by atoms with Gasteiger partial charge in [-0.2, -0.15) is 4.31 Å². The number of hydrogen-bond donors (Lipinski definition) is 2. The fourth-order valence-electron chi connectivity index (χ4n) is 4.38. The van der Waals surface area contributed by atoms with Crippen molar-refractivity contribution in [2.45, 2.75) is 30.9 Å². The summed E-state index contributed by atoms with van der Waals surface area (Å²) in [4.78, 5) is 32.2. The maximum absolute atomic E-state index is 13.6. The van der Waals surface area contributed by atoms with Crippen molar-refractivity contribution in [1.29, 1.82) is 0 Å². The third-order valence-corrected chi connectivity index (χ3v) is 8.61. The van der Waals surface area contributed by atoms with Crippen LogP contribution >= 0.6 is 0 Å². The van der Waals surface area contributed by atoms with Gasteiger partial charge < -0.3 is 20.1 Å². The number of benzene rings is 2. The molecule has 2 amide bonds. The van der Waals surface area contributed by atoms with Crippen molar-refractivity contribution < 1.29 is 27.9 Å². The summed E-state index contributed by atoms with van der Waals surface area (Å²) in [6.45, 7) is 3.57. The quantitative estimate of drug-likeness (QED) is 0.440. The van der Waals surface area contributed by atoms with Crippen molar-refractivity contribution in [2.75, 3.05) is 32.1 Å². The van der Waals surface area contributed by atoms with Crippen LogP contribution in [0.1, 0.15) is 34.6 Å². The molecule has 4 rings (SSSR count). The summed E-state index contributed by atoms with van der Waals surface area (Å²) in [6.07, 6.45) is 2.31. The van der Waals surface area contributed by atoms with Crippen LogP contribution in [-0.4, -0.2) is 78.4 Å². The number of aliphatic hydroxyl groups excluding tert-OH is 1. The highest BCUT2D eigenvalue weighted by molar-refractivity contribution is 7.89. The topological polar surface area (TPSA) is 129 Å². The first-order valence-corrected chi connectivity index (χ1v) is 14.0. The molecule has 0 bridgehead atoms. The van der Waals surface area contributed by atoms with E-state index in [1.165, 1.54) is 35.9 Å². The molecule has 3 aromatic rings. The standard InChI is InChI=1S/C28H32N4O6S/c1-19-16-32(20(2)18-33)28(35)23-10-7-11-24(30-27(34)21-12-14-29-15-13-21)26(23)38-25(19)17-31(3)39(36,37)22-8-5-4-6-9-22/h4-15,19-20,25,33H,16-18H2,1-3H3,(H,30,34)/t19-,20+,25+/m0/s1. The molecule has 11 heteroatoms. The number of hydrogen-bond acceptors (Lipinski definition) is 7. The van der Waals surface area contributed by atoms with Crippen LogP contribution in [0, 0.1) is 5.92 Å². The summed E-state index contributed by atoms with van der Waals surface area (Å²) in [6, 6.07) is 15.6. The van der Waals surface area contributed by atoms with Crippen molar-refractivity contribution >= 4 is 27.5 Å². The molecule has 2 N–H and O–H groups in total. The van der Waals surface area contributed by atoms with Gasteiger partial charge >= 0.3 is 0 Å². The van der Waals surface area contributed by atoms with Gasteiger partial charge in [0.1, 0.15) is 6.10 Å². The van der Waals surface area contributed by atoms with Crippen LogP contribution in [0.2, 0.25) is 0 Å². The molecule has 0 unspecified atom stereocenters. The third-order valence-electron chi connectivity index (χ3n) is 6.77. The van der Waals surface area contributed by atoms with Gasteiger partial charge in [0.15, 0.2) is 5.75 Å². The Kier molecular flexibility index (Phi) is 8.63. The van der Waals surface area contributed by atoms with E-state index < -0.39 is 28.1 Å². The number of nitrogens with zero attached hydrogens (tertiary/aromatic N) is 3. The first-order chi connectivity index (χ1) is 18.6. The van der Waals surface area contributed by atoms with Gasteiger partial charge in [-0.1, -0.05) is 31.2 Å². The SMILES string of the molecule is C[C@H](CO)N1C[C@H](C)[C@@H](CN(C)S(=O)(=O)c2ccccc2)Oc2c(NC(=O)c3ccncc3)cccc2C1=O. The molecule has 2 aromatic carbocycles. The summed E-state index contributed by atoms with van der Waals surface area (Å²) >= 11 is 0. The molecule has 0 saturated heterocycles. The number of pyridine rings is 1. The maximum atomic E-state index is 13.6. The number of sulfonamides is 1. The monoisotopic (exact) mass is 552 g/mol. The lowest BCUT2D eigenvalue weighted by atomic mass is 9.99. The molecule has 1 aromatic heterocycles. The maximum Gasteiger partial charge on any atom is 0.258 e. The highest BCUT2D eigenvalue weighted by Crippen LogP contribution is 2.35. The molecule has 1 aliphatic heterocycles. The number of amides is 2. The second kappa shape index (κ2) is 11.9. The summed E-state index contributed by atoms with van der Waals surface area (Å²) in [5.74, 6) is -0.962. The number of fused-ring (bicyclic) bond motifs is 1. The molecular formula is C28H32N4O6S. The fourth-order valence-corrected chi connectivity index (χ4v) is 5.59. The Morgan fingerprint density at radius 3 is 2.51 bits per heavy atom. The van der Waals surface area contributed by atoms with E-state index in [4.69, 9.17) is 4.74 Å². The Hall–Kier alpha value is -3.80. The smallest absolute Gasteiger partial charge is 0.258 e. The minimum Gasteiger partial charge on any atom is -0.486 e. The highest BCUT2D eigenvalue weighted by atomic mass is 32.2. The van der Waals surface area contributed by atoms with Gasteiger partial charge in [-0.25, -0.2) is 8.42 Å². The lowest BCUT2D eigenvalue weighted by Gasteiger charge is -2.38. The second-order valence-corrected chi connectivity index (χ2v) is 11.6. The molecule has 0 spiro atoms. The Balaban J connectivity index is 1.73. The molecule has 1 aliphatic rings. The number of likely N-dealkylation sites (N-methyl/N-ethyl adjacent to an activating group) is 1. The van der Waals surface area contributed by atoms with E-state index in [1.54, 1.807) is 60.4 Å². The molecule has 10 nitrogen and oxygen atoms in total. The molecule has 206 valence electrons. The number of aromatic nitrogens is 1. The number of para-hydroxylation sites is 1. The van der Waals surface area contributed by atoms with Gasteiger partial charge in [0.25, 0.3) is 11.8 Å². The third kappa shape index (κ3) is 6.11. The molecular weight excluding hydrogens is 520 g/mol. The van der Waals surface area contributed by atoms with Gasteiger partial charge in [-0.05, 0) is 43.3 Å². The molecule has 0 radical (unpaired) electrons. The molecule has 39 heavy (non-hydrogen) atoms. The zero-order chi connectivity index (χ0) is 28.2. The molecule has 0 fully saturated rings. The number of carbonyl (C=O) groups excluding carboxylic acids is 2. The minimum atomic E-state index is -3.81. The number of nitrogens with one attached hydrogen (secondary N) is 1. The van der Waals surface area contributed by atoms with Crippen molar-refractivity contribution in [2.24, 2.45) is 5.92 Å². The van der Waals surface area contributed by atoms with Crippen LogP contribution in [0.25, 0.3) is 0 Å². The van der Waals surface area contributed by atoms with Crippen molar-refractivity contribution in [1.82, 2.24) is 14.2 Å². The van der Waals surface area contributed by atoms with Crippen LogP contribution in [0.15, 0.2) is 78.0 Å². The van der Waals surface area contributed by atoms with Crippen molar-refractivity contribution in [3.8, 4) is 5.75 Å². The van der Waals surface area contributed by atoms with E-state index in [-0.39, 0.29) is 53.4 Å². The zero-order valence-corrected chi connectivity index (χ0v) is 22.8. The Labute approximate surface area is 228 Å². The average molecular weight is 553 g/mol. The molecule has 0 saturated carbocycles. The predicted molar refractivity (Wildman–Crippen MR) is 146 cm³/mol. The minimum absolute atomic E-state index is 0.0139. The van der Waals surface area contributed by atoms with E-state index in [0.717, 1.165) is 0 Å². The highest BCUT2D eigenvalue weighted by Gasteiger charge is 2.36. The fraction of sp³-hybridized carbons (Fsp3) is 0.321. The van der Waals surface area contributed by atoms with Gasteiger partial charge in [-0.15, -0.1) is 0 Å². The zero-order valence-electron chi connectivity index (χ0n) is 22.0. The first kappa shape index (κ1) is 28.2. The van der Waals surface area contributed by atoms with E-state index in [1.807, 2.05) is 6.92 Å². The summed E-state index contributed by atoms with van der Waals surface area (Å²) in [7, 11) is -2.33. The Bertz CT molecular complexity index is 1420. The molecule has 3 atom stereocenters. The number of ether oxygens (including phenoxy) is 1. The van der Waals surface area contributed by atoms with Crippen LogP contribution in [-0.2, 0) is 10.0 Å². The summed E-state index contributed by atoms with van der Waals surface area (Å²) < 4.78 is 34.2. The van der Waals surface area contributed by atoms with Crippen molar-refractivity contribution in [3.05, 3.63) is 84.2 Å². The predicted octanol–water partition coefficient (Wildman–Crippen LogP) is 2.87. The lowest BCUT2D eigenvalue weighted by molar-refractivity contribution is 0.0388. The number of rotatable bonds is 8. The number of anilines is 1. The molecule has 2 heterocycles. The average Bonchev–Trinajstić information content (AvgIpc) is 2.95. The number of carbonyl (C=O) groups is 2. The summed E-state index contributed by atoms with van der Waals surface area (Å²) in [5.41, 5.74) is 0.842. The second-order valence-electron chi connectivity index (χ2n) is 9.59. The normalized spacial score (nSPS) is 18.5. The van der Waals surface area contributed by atoms with Gasteiger partial charge in [0.2, 0.25) is 10.0 Å². The Morgan fingerprint density at radius 2 is 1.85 bits per heavy atom. The molecule has 0 aliphatic carbocycles. The van der Waals surface area contributed by atoms with E-state index in [9.17, 15) is 23.1 Å². The van der Waals surface area contributed by atoms with Gasteiger partial charge in [-0.3, -0.25) is 14.6 Å². The number of aliphatic hydroxyl groups is 1. The van der Waals surface area contributed by atoms with Gasteiger partial charge in [0, 0.05) is 37.5 Å².